The Labute approximate surface area is 148 Å². The Kier molecular flexibility index (Phi) is 4.74. The van der Waals surface area contributed by atoms with Crippen LogP contribution in [0.4, 0.5) is 5.69 Å². The molecule has 1 unspecified atom stereocenters. The molecule has 0 amide bonds. The smallest absolute Gasteiger partial charge is 0.131 e. The quantitative estimate of drug-likeness (QED) is 0.480. The minimum absolute atomic E-state index is 0.0741. The van der Waals surface area contributed by atoms with E-state index in [0.717, 1.165) is 29.6 Å². The Balaban J connectivity index is 1.96. The standard InChI is InChI=1S/C15H10Br2ClNOS/c16-9-3-4-11(10(17)8-9)19-15(12-2-1-7-20-12)13-5-6-14(18)21-13/h1-8,15,19H. The molecule has 0 radical (unpaired) electrons. The molecule has 1 N–H and O–H groups in total. The maximum atomic E-state index is 6.07. The zero-order chi connectivity index (χ0) is 14.8. The Morgan fingerprint density at radius 2 is 2.00 bits per heavy atom. The first kappa shape index (κ1) is 15.2. The van der Waals surface area contributed by atoms with Crippen LogP contribution in [-0.4, -0.2) is 0 Å². The van der Waals surface area contributed by atoms with Gasteiger partial charge in [-0.05, 0) is 58.4 Å². The van der Waals surface area contributed by atoms with Crippen molar-refractivity contribution in [2.45, 2.75) is 6.04 Å². The first-order valence-electron chi connectivity index (χ1n) is 6.14. The van der Waals surface area contributed by atoms with E-state index in [-0.39, 0.29) is 6.04 Å². The summed E-state index contributed by atoms with van der Waals surface area (Å²) in [6.07, 6.45) is 1.68. The zero-order valence-corrected chi connectivity index (χ0v) is 15.4. The number of furan rings is 1. The molecule has 0 saturated carbocycles. The number of benzene rings is 1. The van der Waals surface area contributed by atoms with E-state index in [1.807, 2.05) is 42.5 Å². The largest absolute Gasteiger partial charge is 0.467 e. The maximum Gasteiger partial charge on any atom is 0.131 e. The van der Waals surface area contributed by atoms with Gasteiger partial charge in [-0.1, -0.05) is 27.5 Å². The summed E-state index contributed by atoms with van der Waals surface area (Å²) in [5, 5.41) is 3.50. The number of rotatable bonds is 4. The highest BCUT2D eigenvalue weighted by Crippen LogP contribution is 2.36. The number of hydrogen-bond donors (Lipinski definition) is 1. The summed E-state index contributed by atoms with van der Waals surface area (Å²) in [4.78, 5) is 1.10. The molecule has 0 saturated heterocycles. The van der Waals surface area contributed by atoms with Gasteiger partial charge in [-0.3, -0.25) is 0 Å². The molecular weight excluding hydrogens is 437 g/mol. The highest BCUT2D eigenvalue weighted by atomic mass is 79.9. The summed E-state index contributed by atoms with van der Waals surface area (Å²) in [5.41, 5.74) is 0.990. The van der Waals surface area contributed by atoms with Crippen molar-refractivity contribution in [3.63, 3.8) is 0 Å². The molecule has 0 bridgehead atoms. The summed E-state index contributed by atoms with van der Waals surface area (Å²) in [6, 6.07) is 13.7. The molecule has 2 aromatic heterocycles. The van der Waals surface area contributed by atoms with Gasteiger partial charge in [-0.2, -0.15) is 0 Å². The summed E-state index contributed by atoms with van der Waals surface area (Å²) in [7, 11) is 0. The molecule has 6 heteroatoms. The van der Waals surface area contributed by atoms with Crippen LogP contribution in [0.25, 0.3) is 0 Å². The number of halogens is 3. The van der Waals surface area contributed by atoms with Crippen LogP contribution in [0.15, 0.2) is 62.1 Å². The lowest BCUT2D eigenvalue weighted by molar-refractivity contribution is 0.500. The van der Waals surface area contributed by atoms with Gasteiger partial charge in [0.05, 0.1) is 10.6 Å². The van der Waals surface area contributed by atoms with E-state index in [4.69, 9.17) is 16.0 Å². The van der Waals surface area contributed by atoms with Gasteiger partial charge in [0.15, 0.2) is 0 Å². The van der Waals surface area contributed by atoms with Crippen molar-refractivity contribution in [1.29, 1.82) is 0 Å². The van der Waals surface area contributed by atoms with Gasteiger partial charge in [0.25, 0.3) is 0 Å². The molecule has 2 nitrogen and oxygen atoms in total. The van der Waals surface area contributed by atoms with Gasteiger partial charge in [0, 0.05) is 19.5 Å². The average molecular weight is 448 g/mol. The van der Waals surface area contributed by atoms with E-state index in [0.29, 0.717) is 0 Å². The highest BCUT2D eigenvalue weighted by Gasteiger charge is 2.19. The molecule has 0 aliphatic rings. The van der Waals surface area contributed by atoms with Gasteiger partial charge < -0.3 is 9.73 Å². The lowest BCUT2D eigenvalue weighted by Gasteiger charge is -2.18. The van der Waals surface area contributed by atoms with Crippen LogP contribution in [-0.2, 0) is 0 Å². The van der Waals surface area contributed by atoms with Crippen LogP contribution in [0.2, 0.25) is 4.34 Å². The lowest BCUT2D eigenvalue weighted by atomic mass is 10.1. The van der Waals surface area contributed by atoms with Gasteiger partial charge in [-0.15, -0.1) is 11.3 Å². The number of nitrogens with one attached hydrogen (secondary N) is 1. The number of anilines is 1. The molecule has 0 aliphatic carbocycles. The van der Waals surface area contributed by atoms with Crippen molar-refractivity contribution in [3.8, 4) is 0 Å². The normalized spacial score (nSPS) is 12.3. The molecule has 108 valence electrons. The van der Waals surface area contributed by atoms with Gasteiger partial charge in [0.1, 0.15) is 11.8 Å². The van der Waals surface area contributed by atoms with Gasteiger partial charge in [0.2, 0.25) is 0 Å². The second-order valence-electron chi connectivity index (χ2n) is 4.36. The third-order valence-electron chi connectivity index (χ3n) is 2.94. The van der Waals surface area contributed by atoms with E-state index in [2.05, 4.69) is 37.2 Å². The lowest BCUT2D eigenvalue weighted by Crippen LogP contribution is -2.10. The monoisotopic (exact) mass is 445 g/mol. The number of thiophene rings is 1. The minimum atomic E-state index is -0.0741. The zero-order valence-electron chi connectivity index (χ0n) is 10.6. The molecule has 21 heavy (non-hydrogen) atoms. The Morgan fingerprint density at radius 3 is 2.62 bits per heavy atom. The van der Waals surface area contributed by atoms with Crippen LogP contribution in [0.3, 0.4) is 0 Å². The second-order valence-corrected chi connectivity index (χ2v) is 7.88. The molecule has 2 heterocycles. The predicted molar refractivity (Wildman–Crippen MR) is 95.3 cm³/mol. The average Bonchev–Trinajstić information content (AvgIpc) is 3.09. The van der Waals surface area contributed by atoms with Crippen LogP contribution in [0.5, 0.6) is 0 Å². The topological polar surface area (TPSA) is 25.2 Å². The van der Waals surface area contributed by atoms with Crippen LogP contribution >= 0.6 is 54.8 Å². The fourth-order valence-electron chi connectivity index (χ4n) is 1.98. The Morgan fingerprint density at radius 1 is 1.14 bits per heavy atom. The summed E-state index contributed by atoms with van der Waals surface area (Å²) < 4.78 is 8.34. The number of hydrogen-bond acceptors (Lipinski definition) is 3. The molecular formula is C15H10Br2ClNOS. The van der Waals surface area contributed by atoms with Crippen molar-refractivity contribution in [2.75, 3.05) is 5.32 Å². The summed E-state index contributed by atoms with van der Waals surface area (Å²) in [5.74, 6) is 0.850. The van der Waals surface area contributed by atoms with Gasteiger partial charge >= 0.3 is 0 Å². The third-order valence-corrected chi connectivity index (χ3v) is 5.38. The van der Waals surface area contributed by atoms with E-state index in [9.17, 15) is 0 Å². The Bertz CT molecular complexity index is 742. The SMILES string of the molecule is Clc1ccc(C(Nc2ccc(Br)cc2Br)c2ccco2)s1. The molecule has 1 atom stereocenters. The predicted octanol–water partition coefficient (Wildman–Crippen LogP) is 6.72. The van der Waals surface area contributed by atoms with Crippen LogP contribution in [0.1, 0.15) is 16.7 Å². The fraction of sp³-hybridized carbons (Fsp3) is 0.0667. The van der Waals surface area contributed by atoms with Crippen LogP contribution < -0.4 is 5.32 Å². The van der Waals surface area contributed by atoms with E-state index >= 15 is 0 Å². The highest BCUT2D eigenvalue weighted by molar-refractivity contribution is 9.11. The molecule has 0 spiro atoms. The van der Waals surface area contributed by atoms with Crippen molar-refractivity contribution in [3.05, 3.63) is 72.6 Å². The maximum absolute atomic E-state index is 6.07. The molecule has 0 fully saturated rings. The van der Waals surface area contributed by atoms with Crippen molar-refractivity contribution in [2.24, 2.45) is 0 Å². The van der Waals surface area contributed by atoms with E-state index in [1.165, 1.54) is 0 Å². The minimum Gasteiger partial charge on any atom is -0.467 e. The molecule has 1 aromatic carbocycles. The molecule has 0 aliphatic heterocycles. The Hall–Kier alpha value is -0.750. The second kappa shape index (κ2) is 6.57. The third kappa shape index (κ3) is 3.54. The first-order chi connectivity index (χ1) is 10.1. The van der Waals surface area contributed by atoms with Crippen molar-refractivity contribution in [1.82, 2.24) is 0 Å². The first-order valence-corrected chi connectivity index (χ1v) is 8.92. The van der Waals surface area contributed by atoms with Crippen molar-refractivity contribution >= 4 is 60.5 Å². The summed E-state index contributed by atoms with van der Waals surface area (Å²) in [6.45, 7) is 0. The molecule has 3 aromatic rings. The van der Waals surface area contributed by atoms with Gasteiger partial charge in [-0.25, -0.2) is 0 Å². The van der Waals surface area contributed by atoms with E-state index in [1.54, 1.807) is 17.6 Å². The van der Waals surface area contributed by atoms with E-state index < -0.39 is 0 Å². The van der Waals surface area contributed by atoms with Crippen molar-refractivity contribution < 1.29 is 4.42 Å². The van der Waals surface area contributed by atoms with Crippen LogP contribution in [0, 0.1) is 0 Å². The molecule has 3 rings (SSSR count). The fourth-order valence-corrected chi connectivity index (χ4v) is 4.27. The summed E-state index contributed by atoms with van der Waals surface area (Å²) >= 11 is 14.6.